The first kappa shape index (κ1) is 21.6. The molecule has 0 spiro atoms. The number of hydrogen-bond acceptors (Lipinski definition) is 4. The van der Waals surface area contributed by atoms with Gasteiger partial charge < -0.3 is 14.6 Å². The van der Waals surface area contributed by atoms with E-state index in [1.54, 1.807) is 4.57 Å². The molecule has 0 atom stereocenters. The molecule has 1 aromatic carbocycles. The second-order valence-electron chi connectivity index (χ2n) is 7.92. The number of amides is 2. The van der Waals surface area contributed by atoms with Gasteiger partial charge in [-0.3, -0.25) is 14.9 Å². The van der Waals surface area contributed by atoms with Gasteiger partial charge in [-0.25, -0.2) is 0 Å². The third kappa shape index (κ3) is 3.97. The number of hydrogen-bond donors (Lipinski definition) is 2. The summed E-state index contributed by atoms with van der Waals surface area (Å²) >= 11 is 0. The first-order valence-corrected chi connectivity index (χ1v) is 10.8. The van der Waals surface area contributed by atoms with Crippen LogP contribution >= 0.6 is 0 Å². The number of para-hydroxylation sites is 1. The van der Waals surface area contributed by atoms with Gasteiger partial charge in [0.05, 0.1) is 5.57 Å². The summed E-state index contributed by atoms with van der Waals surface area (Å²) in [5, 5.41) is 13.4. The van der Waals surface area contributed by atoms with Crippen LogP contribution in [-0.4, -0.2) is 41.7 Å². The van der Waals surface area contributed by atoms with E-state index in [2.05, 4.69) is 16.8 Å². The maximum Gasteiger partial charge on any atom is 0.275 e. The maximum absolute atomic E-state index is 12.9. The van der Waals surface area contributed by atoms with E-state index in [4.69, 9.17) is 5.11 Å². The normalized spacial score (nSPS) is 15.1. The number of carbonyl (C=O) groups is 2. The van der Waals surface area contributed by atoms with E-state index in [0.717, 1.165) is 47.6 Å². The Hall–Kier alpha value is -3.64. The topological polar surface area (TPSA) is 74.6 Å². The van der Waals surface area contributed by atoms with Gasteiger partial charge in [0.1, 0.15) is 5.70 Å². The first-order valence-electron chi connectivity index (χ1n) is 10.8. The van der Waals surface area contributed by atoms with Crippen LogP contribution in [0.5, 0.6) is 0 Å². The van der Waals surface area contributed by atoms with Crippen LogP contribution in [0, 0.1) is 0 Å². The number of fused-ring (bicyclic) bond motifs is 1. The summed E-state index contributed by atoms with van der Waals surface area (Å²) in [6, 6.07) is 9.67. The number of anilines is 1. The molecule has 2 amide bonds. The fourth-order valence-electron chi connectivity index (χ4n) is 4.17. The lowest BCUT2D eigenvalue weighted by atomic mass is 9.96. The van der Waals surface area contributed by atoms with Gasteiger partial charge in [-0.05, 0) is 42.2 Å². The van der Waals surface area contributed by atoms with Gasteiger partial charge in [0.15, 0.2) is 0 Å². The van der Waals surface area contributed by atoms with Crippen molar-refractivity contribution >= 4 is 40.9 Å². The smallest absolute Gasteiger partial charge is 0.275 e. The molecule has 1 aliphatic carbocycles. The summed E-state index contributed by atoms with van der Waals surface area (Å²) in [6.45, 7) is 5.15. The minimum atomic E-state index is -0.439. The van der Waals surface area contributed by atoms with E-state index in [1.807, 2.05) is 67.9 Å². The lowest BCUT2D eigenvalue weighted by Crippen LogP contribution is -2.31. The van der Waals surface area contributed by atoms with Crippen molar-refractivity contribution in [3.63, 3.8) is 0 Å². The van der Waals surface area contributed by atoms with Crippen LogP contribution in [0.25, 0.3) is 23.4 Å². The molecule has 0 saturated carbocycles. The molecule has 1 aliphatic heterocycles. The summed E-state index contributed by atoms with van der Waals surface area (Å²) in [4.78, 5) is 27.9. The Morgan fingerprint density at radius 1 is 1.19 bits per heavy atom. The summed E-state index contributed by atoms with van der Waals surface area (Å²) in [5.41, 5.74) is 2.81. The molecule has 0 radical (unpaired) electrons. The Morgan fingerprint density at radius 3 is 2.81 bits per heavy atom. The van der Waals surface area contributed by atoms with E-state index in [0.29, 0.717) is 11.3 Å². The Bertz CT molecular complexity index is 1260. The average Bonchev–Trinajstić information content (AvgIpc) is 3.21. The molecule has 32 heavy (non-hydrogen) atoms. The number of rotatable bonds is 8. The molecule has 0 saturated heterocycles. The molecule has 2 heterocycles. The molecular formula is C26H27N3O3. The molecule has 0 bridgehead atoms. The number of benzene rings is 1. The monoisotopic (exact) mass is 429 g/mol. The predicted molar refractivity (Wildman–Crippen MR) is 128 cm³/mol. The van der Waals surface area contributed by atoms with Crippen LogP contribution in [0.3, 0.4) is 0 Å². The predicted octanol–water partition coefficient (Wildman–Crippen LogP) is 1.80. The maximum atomic E-state index is 12.9. The van der Waals surface area contributed by atoms with E-state index < -0.39 is 11.8 Å². The number of unbranched alkanes of at least 4 members (excludes halogenated alkanes) is 1. The van der Waals surface area contributed by atoms with Crippen molar-refractivity contribution in [1.29, 1.82) is 0 Å². The van der Waals surface area contributed by atoms with Gasteiger partial charge in [-0.15, -0.1) is 0 Å². The second kappa shape index (κ2) is 9.24. The van der Waals surface area contributed by atoms with Crippen molar-refractivity contribution in [2.24, 2.45) is 0 Å². The molecule has 4 rings (SSSR count). The third-order valence-electron chi connectivity index (χ3n) is 5.81. The van der Waals surface area contributed by atoms with Gasteiger partial charge in [0.2, 0.25) is 0 Å². The van der Waals surface area contributed by atoms with Crippen LogP contribution in [0.1, 0.15) is 24.8 Å². The number of aliphatic hydroxyl groups is 1. The van der Waals surface area contributed by atoms with Gasteiger partial charge in [-0.1, -0.05) is 49.1 Å². The number of allylic oxidation sites excluding steroid dienone is 2. The van der Waals surface area contributed by atoms with Crippen molar-refractivity contribution in [3.8, 4) is 0 Å². The number of nitrogens with zero attached hydrogens (tertiary/aromatic N) is 2. The fraction of sp³-hybridized carbons (Fsp3) is 0.231. The van der Waals surface area contributed by atoms with Gasteiger partial charge >= 0.3 is 0 Å². The van der Waals surface area contributed by atoms with E-state index in [-0.39, 0.29) is 12.2 Å². The zero-order valence-corrected chi connectivity index (χ0v) is 18.2. The lowest BCUT2D eigenvalue weighted by Gasteiger charge is -2.23. The van der Waals surface area contributed by atoms with Crippen LogP contribution in [0.2, 0.25) is 0 Å². The molecule has 0 fully saturated rings. The molecule has 6 nitrogen and oxygen atoms in total. The number of nitrogens with one attached hydrogen (secondary N) is 1. The third-order valence-corrected chi connectivity index (χ3v) is 5.81. The number of carbonyl (C=O) groups excluding carboxylic acids is 2. The van der Waals surface area contributed by atoms with Crippen molar-refractivity contribution in [2.75, 3.05) is 25.1 Å². The SMILES string of the molecule is C=C(C1=C(n2ccc3c2=CCC=CC=3)C(=O)NC1=O)c1ccccc1N(C)CCCCO. The molecular weight excluding hydrogens is 402 g/mol. The van der Waals surface area contributed by atoms with Crippen LogP contribution in [0.15, 0.2) is 60.8 Å². The standard InChI is InChI=1S/C26H27N3O3/c1-18(20-11-6-7-13-22(20)28(2)15-8-9-17-30)23-24(26(32)27-25(23)31)29-16-14-19-10-4-3-5-12-21(19)29/h3-4,6-7,10-14,16,30H,1,5,8-9,15,17H2,2H3,(H,27,31,32). The molecule has 1 aromatic heterocycles. The summed E-state index contributed by atoms with van der Waals surface area (Å²) in [7, 11) is 1.97. The van der Waals surface area contributed by atoms with Crippen molar-refractivity contribution in [3.05, 3.63) is 77.0 Å². The molecule has 2 N–H and O–H groups in total. The van der Waals surface area contributed by atoms with E-state index in [9.17, 15) is 9.59 Å². The molecule has 6 heteroatoms. The van der Waals surface area contributed by atoms with E-state index in [1.165, 1.54) is 0 Å². The number of aliphatic hydroxyl groups excluding tert-OH is 1. The minimum absolute atomic E-state index is 0.159. The lowest BCUT2D eigenvalue weighted by molar-refractivity contribution is -0.123. The Kier molecular flexibility index (Phi) is 6.23. The minimum Gasteiger partial charge on any atom is -0.396 e. The number of aromatic nitrogens is 1. The molecule has 0 unspecified atom stereocenters. The molecule has 164 valence electrons. The van der Waals surface area contributed by atoms with Crippen molar-refractivity contribution < 1.29 is 14.7 Å². The van der Waals surface area contributed by atoms with Crippen LogP contribution < -0.4 is 20.8 Å². The highest BCUT2D eigenvalue weighted by Gasteiger charge is 2.34. The van der Waals surface area contributed by atoms with Crippen molar-refractivity contribution in [1.82, 2.24) is 9.88 Å². The van der Waals surface area contributed by atoms with Crippen molar-refractivity contribution in [2.45, 2.75) is 19.3 Å². The Labute approximate surface area is 187 Å². The molecule has 2 aliphatic rings. The fourth-order valence-corrected chi connectivity index (χ4v) is 4.17. The Morgan fingerprint density at radius 2 is 2.00 bits per heavy atom. The highest BCUT2D eigenvalue weighted by atomic mass is 16.3. The zero-order chi connectivity index (χ0) is 22.7. The second-order valence-corrected chi connectivity index (χ2v) is 7.92. The highest BCUT2D eigenvalue weighted by Crippen LogP contribution is 2.34. The van der Waals surface area contributed by atoms with Crippen LogP contribution in [-0.2, 0) is 9.59 Å². The Balaban J connectivity index is 1.81. The number of imide groups is 1. The van der Waals surface area contributed by atoms with E-state index >= 15 is 0 Å². The largest absolute Gasteiger partial charge is 0.396 e. The van der Waals surface area contributed by atoms with Gasteiger partial charge in [0.25, 0.3) is 11.8 Å². The van der Waals surface area contributed by atoms with Crippen LogP contribution in [0.4, 0.5) is 5.69 Å². The molecule has 2 aromatic rings. The summed E-state index contributed by atoms with van der Waals surface area (Å²) < 4.78 is 1.78. The first-order chi connectivity index (χ1) is 15.5. The van der Waals surface area contributed by atoms with Gasteiger partial charge in [-0.2, -0.15) is 0 Å². The highest BCUT2D eigenvalue weighted by molar-refractivity contribution is 6.37. The summed E-state index contributed by atoms with van der Waals surface area (Å²) in [6.07, 6.45) is 12.2. The van der Waals surface area contributed by atoms with Gasteiger partial charge in [0, 0.05) is 43.0 Å². The zero-order valence-electron chi connectivity index (χ0n) is 18.2. The quantitative estimate of drug-likeness (QED) is 0.496. The average molecular weight is 430 g/mol. The summed E-state index contributed by atoms with van der Waals surface area (Å²) in [5.74, 6) is -0.866.